The Labute approximate surface area is 202 Å². The summed E-state index contributed by atoms with van der Waals surface area (Å²) in [4.78, 5) is 59.8. The molecule has 196 valence electrons. The fourth-order valence-electron chi connectivity index (χ4n) is 2.90. The number of amides is 3. The zero-order chi connectivity index (χ0) is 26.5. The van der Waals surface area contributed by atoms with Crippen LogP contribution in [0.3, 0.4) is 0 Å². The number of aromatic nitrogens is 2. The molecule has 15 nitrogen and oxygen atoms in total. The number of carboxylic acids is 1. The van der Waals surface area contributed by atoms with Gasteiger partial charge in [-0.05, 0) is 18.8 Å². The fourth-order valence-corrected chi connectivity index (χ4v) is 2.90. The van der Waals surface area contributed by atoms with E-state index < -0.39 is 54.5 Å². The minimum Gasteiger partial charge on any atom is -0.480 e. The number of nitrogens with two attached hydrogens (primary N) is 3. The highest BCUT2D eigenvalue weighted by Gasteiger charge is 2.30. The summed E-state index contributed by atoms with van der Waals surface area (Å²) in [7, 11) is 0. The molecular formula is C20H35N9O6. The lowest BCUT2D eigenvalue weighted by molar-refractivity contribution is -0.142. The molecule has 0 radical (unpaired) electrons. The van der Waals surface area contributed by atoms with E-state index in [1.807, 2.05) is 0 Å². The Hall–Kier alpha value is -3.72. The van der Waals surface area contributed by atoms with Gasteiger partial charge in [-0.3, -0.25) is 19.4 Å². The normalized spacial score (nSPS) is 14.3. The van der Waals surface area contributed by atoms with Crippen molar-refractivity contribution < 1.29 is 29.4 Å². The summed E-state index contributed by atoms with van der Waals surface area (Å²) in [5.41, 5.74) is 16.9. The van der Waals surface area contributed by atoms with Gasteiger partial charge in [-0.2, -0.15) is 0 Å². The van der Waals surface area contributed by atoms with E-state index in [2.05, 4.69) is 30.9 Å². The number of nitrogens with one attached hydrogen (secondary N) is 4. The number of aliphatic imine (C=N–C) groups is 1. The lowest BCUT2D eigenvalue weighted by atomic mass is 10.0. The van der Waals surface area contributed by atoms with E-state index in [1.54, 1.807) is 13.8 Å². The number of imidazole rings is 1. The first-order valence-corrected chi connectivity index (χ1v) is 11.0. The summed E-state index contributed by atoms with van der Waals surface area (Å²) in [6.07, 6.45) is 3.10. The van der Waals surface area contributed by atoms with Crippen LogP contribution in [-0.4, -0.2) is 87.2 Å². The number of guanidine groups is 1. The second-order valence-electron chi connectivity index (χ2n) is 8.20. The number of aliphatic hydroxyl groups excluding tert-OH is 1. The monoisotopic (exact) mass is 497 g/mol. The molecule has 0 bridgehead atoms. The molecule has 0 aliphatic rings. The molecule has 3 amide bonds. The molecule has 4 atom stereocenters. The van der Waals surface area contributed by atoms with Gasteiger partial charge in [-0.25, -0.2) is 9.78 Å². The molecular weight excluding hydrogens is 462 g/mol. The molecule has 1 rings (SSSR count). The smallest absolute Gasteiger partial charge is 0.326 e. The quantitative estimate of drug-likeness (QED) is 0.0656. The summed E-state index contributed by atoms with van der Waals surface area (Å²) < 4.78 is 0. The fraction of sp³-hybridized carbons (Fsp3) is 0.600. The van der Waals surface area contributed by atoms with Crippen molar-refractivity contribution in [2.24, 2.45) is 28.1 Å². The number of carbonyl (C=O) groups is 4. The summed E-state index contributed by atoms with van der Waals surface area (Å²) >= 11 is 0. The van der Waals surface area contributed by atoms with E-state index in [1.165, 1.54) is 12.5 Å². The van der Waals surface area contributed by atoms with Gasteiger partial charge in [0.2, 0.25) is 17.7 Å². The highest BCUT2D eigenvalue weighted by atomic mass is 16.4. The van der Waals surface area contributed by atoms with Crippen molar-refractivity contribution in [3.8, 4) is 0 Å². The first-order valence-electron chi connectivity index (χ1n) is 11.0. The van der Waals surface area contributed by atoms with Gasteiger partial charge in [0.25, 0.3) is 0 Å². The predicted octanol–water partition coefficient (Wildman–Crippen LogP) is -3.48. The minimum atomic E-state index is -1.47. The van der Waals surface area contributed by atoms with Crippen molar-refractivity contribution in [2.75, 3.05) is 13.2 Å². The van der Waals surface area contributed by atoms with Crippen LogP contribution in [-0.2, 0) is 25.6 Å². The molecule has 1 heterocycles. The van der Waals surface area contributed by atoms with Crippen molar-refractivity contribution in [1.82, 2.24) is 25.9 Å². The van der Waals surface area contributed by atoms with Crippen molar-refractivity contribution >= 4 is 29.7 Å². The lowest BCUT2D eigenvalue weighted by Gasteiger charge is -2.25. The number of carbonyl (C=O) groups excluding carboxylic acids is 3. The average molecular weight is 498 g/mol. The molecule has 12 N–H and O–H groups in total. The number of nitrogens with zero attached hydrogens (tertiary/aromatic N) is 2. The van der Waals surface area contributed by atoms with Gasteiger partial charge >= 0.3 is 5.97 Å². The summed E-state index contributed by atoms with van der Waals surface area (Å²) in [6.45, 7) is 2.86. The van der Waals surface area contributed by atoms with Gasteiger partial charge in [0.05, 0.1) is 19.0 Å². The number of aromatic amines is 1. The molecule has 0 saturated carbocycles. The Morgan fingerprint density at radius 2 is 1.66 bits per heavy atom. The van der Waals surface area contributed by atoms with E-state index in [4.69, 9.17) is 17.2 Å². The maximum absolute atomic E-state index is 12.9. The molecule has 0 aliphatic heterocycles. The minimum absolute atomic E-state index is 0.0935. The van der Waals surface area contributed by atoms with Gasteiger partial charge in [-0.1, -0.05) is 13.8 Å². The zero-order valence-corrected chi connectivity index (χ0v) is 19.7. The van der Waals surface area contributed by atoms with Crippen molar-refractivity contribution in [3.63, 3.8) is 0 Å². The second kappa shape index (κ2) is 14.5. The van der Waals surface area contributed by atoms with Gasteiger partial charge in [0.15, 0.2) is 5.96 Å². The molecule has 35 heavy (non-hydrogen) atoms. The highest BCUT2D eigenvalue weighted by Crippen LogP contribution is 2.04. The van der Waals surface area contributed by atoms with Crippen LogP contribution in [0.5, 0.6) is 0 Å². The molecule has 15 heteroatoms. The summed E-state index contributed by atoms with van der Waals surface area (Å²) in [5, 5.41) is 26.2. The van der Waals surface area contributed by atoms with Crippen LogP contribution in [0.15, 0.2) is 17.5 Å². The van der Waals surface area contributed by atoms with Crippen LogP contribution in [0.25, 0.3) is 0 Å². The topological polar surface area (TPSA) is 264 Å². The lowest BCUT2D eigenvalue weighted by Crippen LogP contribution is -2.58. The van der Waals surface area contributed by atoms with Crippen molar-refractivity contribution in [1.29, 1.82) is 0 Å². The number of H-pyrrole nitrogens is 1. The van der Waals surface area contributed by atoms with Crippen LogP contribution in [0, 0.1) is 5.92 Å². The van der Waals surface area contributed by atoms with Gasteiger partial charge in [0, 0.05) is 24.9 Å². The van der Waals surface area contributed by atoms with Gasteiger partial charge < -0.3 is 48.3 Å². The zero-order valence-electron chi connectivity index (χ0n) is 19.7. The van der Waals surface area contributed by atoms with E-state index >= 15 is 0 Å². The number of aliphatic carboxylic acids is 1. The SMILES string of the molecule is CC(C)C(N)C(=O)NC(CCCN=C(N)N)C(=O)NC(CO)C(=O)NC(Cc1cnc[nH]1)C(=O)O. The molecule has 0 saturated heterocycles. The van der Waals surface area contributed by atoms with Crippen LogP contribution >= 0.6 is 0 Å². The first kappa shape index (κ1) is 29.3. The maximum Gasteiger partial charge on any atom is 0.326 e. The summed E-state index contributed by atoms with van der Waals surface area (Å²) in [6, 6.07) is -4.79. The Balaban J connectivity index is 2.88. The number of hydrogen-bond donors (Lipinski definition) is 9. The Kier molecular flexibility index (Phi) is 12.2. The maximum atomic E-state index is 12.9. The number of hydrogen-bond acceptors (Lipinski definition) is 8. The molecule has 0 aromatic carbocycles. The molecule has 0 aliphatic carbocycles. The van der Waals surface area contributed by atoms with E-state index in [0.717, 1.165) is 0 Å². The van der Waals surface area contributed by atoms with E-state index in [9.17, 15) is 29.4 Å². The number of aliphatic hydroxyl groups is 1. The Morgan fingerprint density at radius 3 is 2.17 bits per heavy atom. The standard InChI is InChI=1S/C20H35N9O6/c1-10(2)15(21)18(33)27-12(4-3-5-25-20(22)23)16(31)29-14(8-30)17(32)28-13(19(34)35)6-11-7-24-9-26-11/h7,9-10,12-15,30H,3-6,8,21H2,1-2H3,(H,24,26)(H,27,33)(H,28,32)(H,29,31)(H,34,35)(H4,22,23,25). The van der Waals surface area contributed by atoms with Gasteiger partial charge in [0.1, 0.15) is 18.1 Å². The van der Waals surface area contributed by atoms with Gasteiger partial charge in [-0.15, -0.1) is 0 Å². The van der Waals surface area contributed by atoms with Crippen LogP contribution in [0.1, 0.15) is 32.4 Å². The molecule has 4 unspecified atom stereocenters. The third-order valence-corrected chi connectivity index (χ3v) is 5.01. The molecule has 1 aromatic rings. The largest absolute Gasteiger partial charge is 0.480 e. The highest BCUT2D eigenvalue weighted by molar-refractivity contribution is 5.94. The van der Waals surface area contributed by atoms with Crippen LogP contribution in [0.2, 0.25) is 0 Å². The van der Waals surface area contributed by atoms with E-state index in [-0.39, 0.29) is 31.3 Å². The van der Waals surface area contributed by atoms with Crippen LogP contribution < -0.4 is 33.2 Å². The molecule has 1 aromatic heterocycles. The summed E-state index contributed by atoms with van der Waals surface area (Å²) in [5.74, 6) is -3.90. The van der Waals surface area contributed by atoms with Crippen molar-refractivity contribution in [2.45, 2.75) is 57.3 Å². The molecule has 0 spiro atoms. The first-order chi connectivity index (χ1) is 16.5. The number of carboxylic acid groups (broad SMARTS) is 1. The van der Waals surface area contributed by atoms with E-state index in [0.29, 0.717) is 12.1 Å². The van der Waals surface area contributed by atoms with Crippen molar-refractivity contribution in [3.05, 3.63) is 18.2 Å². The average Bonchev–Trinajstić information content (AvgIpc) is 3.30. The molecule has 0 fully saturated rings. The van der Waals surface area contributed by atoms with Crippen LogP contribution in [0.4, 0.5) is 0 Å². The third kappa shape index (κ3) is 10.4. The second-order valence-corrected chi connectivity index (χ2v) is 8.20. The predicted molar refractivity (Wildman–Crippen MR) is 126 cm³/mol. The Morgan fingerprint density at radius 1 is 1.06 bits per heavy atom. The Bertz CT molecular complexity index is 870. The third-order valence-electron chi connectivity index (χ3n) is 5.01. The number of rotatable bonds is 15.